The van der Waals surface area contributed by atoms with Gasteiger partial charge in [-0.1, -0.05) is 11.6 Å². The summed E-state index contributed by atoms with van der Waals surface area (Å²) in [4.78, 5) is 1.48. The molecule has 66 valence electrons. The zero-order valence-corrected chi connectivity index (χ0v) is 6.10. The van der Waals surface area contributed by atoms with Crippen LogP contribution in [0, 0.1) is 0 Å². The molecule has 0 bridgehead atoms. The van der Waals surface area contributed by atoms with Crippen LogP contribution < -0.4 is 0 Å². The van der Waals surface area contributed by atoms with Crippen LogP contribution in [0.4, 0.5) is 22.0 Å². The van der Waals surface area contributed by atoms with Crippen LogP contribution in [0.2, 0.25) is 0 Å². The molecular formula is C3Cl2F5N. The van der Waals surface area contributed by atoms with Crippen molar-refractivity contribution in [1.82, 2.24) is 0 Å². The van der Waals surface area contributed by atoms with Crippen LogP contribution >= 0.6 is 23.2 Å². The van der Waals surface area contributed by atoms with Gasteiger partial charge in [-0.2, -0.15) is 13.8 Å². The summed E-state index contributed by atoms with van der Waals surface area (Å²) in [6.45, 7) is 0. The minimum Gasteiger partial charge on any atom is -0.180 e. The summed E-state index contributed by atoms with van der Waals surface area (Å²) in [5, 5.41) is -6.26. The third-order valence-electron chi connectivity index (χ3n) is 0.459. The van der Waals surface area contributed by atoms with Gasteiger partial charge in [0.05, 0.1) is 0 Å². The van der Waals surface area contributed by atoms with Gasteiger partial charge in [-0.25, -0.2) is 0 Å². The average molecular weight is 216 g/mol. The number of hydrogen-bond donors (Lipinski definition) is 0. The molecule has 0 aromatic rings. The molecule has 0 aliphatic heterocycles. The molecule has 8 heteroatoms. The highest BCUT2D eigenvalue weighted by atomic mass is 35.5. The first-order valence-electron chi connectivity index (χ1n) is 2.02. The van der Waals surface area contributed by atoms with Crippen LogP contribution in [0.1, 0.15) is 0 Å². The highest BCUT2D eigenvalue weighted by Crippen LogP contribution is 2.27. The molecule has 0 fully saturated rings. The maximum atomic E-state index is 11.6. The minimum absolute atomic E-state index is 1.48. The van der Waals surface area contributed by atoms with E-state index in [1.54, 1.807) is 0 Å². The number of alkyl halides is 6. The lowest BCUT2D eigenvalue weighted by atomic mass is 10.7. The topological polar surface area (TPSA) is 12.4 Å². The van der Waals surface area contributed by atoms with Crippen LogP contribution in [0.3, 0.4) is 0 Å². The molecule has 0 saturated carbocycles. The van der Waals surface area contributed by atoms with Crippen molar-refractivity contribution in [3.8, 4) is 0 Å². The van der Waals surface area contributed by atoms with Gasteiger partial charge in [0.2, 0.25) is 0 Å². The largest absolute Gasteiger partial charge is 0.504 e. The Labute approximate surface area is 67.8 Å². The maximum absolute atomic E-state index is 11.6. The number of hydrogen-bond acceptors (Lipinski definition) is 1. The molecular weight excluding hydrogens is 216 g/mol. The predicted molar refractivity (Wildman–Crippen MR) is 30.1 cm³/mol. The predicted octanol–water partition coefficient (Wildman–Crippen LogP) is 2.98. The first-order chi connectivity index (χ1) is 4.63. The molecule has 0 amide bonds. The molecule has 0 radical (unpaired) electrons. The zero-order chi connectivity index (χ0) is 9.28. The summed E-state index contributed by atoms with van der Waals surface area (Å²) < 4.78 is 56.8. The van der Waals surface area contributed by atoms with E-state index in [1.807, 2.05) is 0 Å². The van der Waals surface area contributed by atoms with Gasteiger partial charge >= 0.3 is 11.7 Å². The molecule has 0 aliphatic carbocycles. The van der Waals surface area contributed by atoms with Gasteiger partial charge in [0.25, 0.3) is 0 Å². The summed E-state index contributed by atoms with van der Waals surface area (Å²) in [6, 6.07) is 0. The molecule has 0 spiro atoms. The number of aliphatic imine (C=N–C) groups is 1. The summed E-state index contributed by atoms with van der Waals surface area (Å²) >= 11 is 8.48. The molecule has 0 unspecified atom stereocenters. The van der Waals surface area contributed by atoms with Gasteiger partial charge in [0, 0.05) is 0 Å². The van der Waals surface area contributed by atoms with Crippen LogP contribution in [0.15, 0.2) is 4.99 Å². The fourth-order valence-electron chi connectivity index (χ4n) is 0.175. The van der Waals surface area contributed by atoms with Gasteiger partial charge in [-0.15, -0.1) is 13.2 Å². The summed E-state index contributed by atoms with van der Waals surface area (Å²) in [5.41, 5.74) is 0. The summed E-state index contributed by atoms with van der Waals surface area (Å²) in [7, 11) is 0. The molecule has 0 N–H and O–H groups in total. The lowest BCUT2D eigenvalue weighted by molar-refractivity contribution is -0.120. The third kappa shape index (κ3) is 5.20. The van der Waals surface area contributed by atoms with E-state index >= 15 is 0 Å². The Hall–Kier alpha value is -0.100. The molecule has 0 rings (SSSR count). The second kappa shape index (κ2) is 3.10. The number of rotatable bonds is 1. The monoisotopic (exact) mass is 215 g/mol. The van der Waals surface area contributed by atoms with Crippen molar-refractivity contribution < 1.29 is 22.0 Å². The van der Waals surface area contributed by atoms with E-state index in [4.69, 9.17) is 0 Å². The molecule has 0 aromatic heterocycles. The molecule has 1 nitrogen and oxygen atoms in total. The molecule has 11 heavy (non-hydrogen) atoms. The fourth-order valence-corrected chi connectivity index (χ4v) is 0.313. The van der Waals surface area contributed by atoms with E-state index in [2.05, 4.69) is 23.2 Å². The fraction of sp³-hybridized carbons (Fsp3) is 0.667. The third-order valence-corrected chi connectivity index (χ3v) is 1.06. The van der Waals surface area contributed by atoms with Crippen molar-refractivity contribution in [3.63, 3.8) is 0 Å². The second-order valence-corrected chi connectivity index (χ2v) is 2.20. The van der Waals surface area contributed by atoms with Gasteiger partial charge in [-0.05, 0) is 11.6 Å². The zero-order valence-electron chi connectivity index (χ0n) is 4.59. The summed E-state index contributed by atoms with van der Waals surface area (Å²) in [6.07, 6.45) is -5.13. The van der Waals surface area contributed by atoms with E-state index in [0.29, 0.717) is 0 Å². The minimum atomic E-state index is -5.13. The van der Waals surface area contributed by atoms with Crippen LogP contribution in [-0.4, -0.2) is 16.9 Å². The van der Waals surface area contributed by atoms with Gasteiger partial charge in [-0.3, -0.25) is 0 Å². The average Bonchev–Trinajstić information content (AvgIpc) is 1.56. The van der Waals surface area contributed by atoms with Crippen molar-refractivity contribution in [3.05, 3.63) is 0 Å². The van der Waals surface area contributed by atoms with E-state index in [9.17, 15) is 22.0 Å². The van der Waals surface area contributed by atoms with Gasteiger partial charge in [0.15, 0.2) is 5.17 Å². The Bertz CT molecular complexity index is 168. The molecule has 0 saturated heterocycles. The van der Waals surface area contributed by atoms with Crippen LogP contribution in [0.25, 0.3) is 0 Å². The number of halogens is 7. The molecule has 0 aromatic carbocycles. The lowest BCUT2D eigenvalue weighted by Gasteiger charge is -2.05. The quantitative estimate of drug-likeness (QED) is 0.276. The van der Waals surface area contributed by atoms with Crippen LogP contribution in [-0.2, 0) is 0 Å². The molecule has 0 heterocycles. The molecule has 0 atom stereocenters. The van der Waals surface area contributed by atoms with Crippen molar-refractivity contribution in [2.75, 3.05) is 0 Å². The smallest absolute Gasteiger partial charge is 0.180 e. The Morgan fingerprint density at radius 2 is 1.45 bits per heavy atom. The Morgan fingerprint density at radius 3 is 1.55 bits per heavy atom. The number of nitrogens with zero attached hydrogens (tertiary/aromatic N) is 1. The van der Waals surface area contributed by atoms with E-state index in [1.165, 1.54) is 4.99 Å². The van der Waals surface area contributed by atoms with E-state index in [0.717, 1.165) is 0 Å². The van der Waals surface area contributed by atoms with E-state index < -0.39 is 16.9 Å². The second-order valence-electron chi connectivity index (χ2n) is 1.37. The lowest BCUT2D eigenvalue weighted by Crippen LogP contribution is -2.19. The van der Waals surface area contributed by atoms with Crippen molar-refractivity contribution in [2.45, 2.75) is 11.7 Å². The maximum Gasteiger partial charge on any atom is 0.504 e. The standard InChI is InChI=1S/C3Cl2F5N/c4-1(2(5,6)7)11-3(8,9)10. The van der Waals surface area contributed by atoms with Gasteiger partial charge in [0.1, 0.15) is 0 Å². The van der Waals surface area contributed by atoms with Crippen molar-refractivity contribution in [2.24, 2.45) is 4.99 Å². The highest BCUT2D eigenvalue weighted by molar-refractivity contribution is 6.71. The summed E-state index contributed by atoms with van der Waals surface area (Å²) in [5.74, 6) is 0. The van der Waals surface area contributed by atoms with E-state index in [-0.39, 0.29) is 0 Å². The van der Waals surface area contributed by atoms with Crippen molar-refractivity contribution >= 4 is 28.4 Å². The van der Waals surface area contributed by atoms with Gasteiger partial charge < -0.3 is 0 Å². The van der Waals surface area contributed by atoms with Crippen molar-refractivity contribution in [1.29, 1.82) is 0 Å². The SMILES string of the molecule is FC(F)(F)N=C(Cl)C(F)(F)Cl. The highest BCUT2D eigenvalue weighted by Gasteiger charge is 2.37. The molecule has 0 aliphatic rings. The Morgan fingerprint density at radius 1 is 1.09 bits per heavy atom. The Balaban J connectivity index is 4.49. The normalized spacial score (nSPS) is 15.4. The van der Waals surface area contributed by atoms with Crippen LogP contribution in [0.5, 0.6) is 0 Å². The first-order valence-corrected chi connectivity index (χ1v) is 2.78. The Kier molecular flexibility index (Phi) is 3.07. The first kappa shape index (κ1) is 10.9.